The van der Waals surface area contributed by atoms with E-state index in [1.54, 1.807) is 0 Å². The van der Waals surface area contributed by atoms with Crippen LogP contribution in [0.25, 0.3) is 0 Å². The molecule has 64 valence electrons. The Hall–Kier alpha value is -0.340. The molecule has 0 aliphatic carbocycles. The maximum absolute atomic E-state index is 8.88. The molecule has 1 aliphatic heterocycles. The summed E-state index contributed by atoms with van der Waals surface area (Å²) in [5.74, 6) is 0.553. The molecule has 0 amide bonds. The molecule has 1 saturated heterocycles. The van der Waals surface area contributed by atoms with Crippen molar-refractivity contribution in [1.82, 2.24) is 0 Å². The van der Waals surface area contributed by atoms with E-state index in [1.807, 2.05) is 0 Å². The summed E-state index contributed by atoms with van der Waals surface area (Å²) >= 11 is 0. The number of ether oxygens (including phenoxy) is 1. The number of hydrogen-bond donors (Lipinski definition) is 1. The van der Waals surface area contributed by atoms with E-state index in [9.17, 15) is 0 Å². The van der Waals surface area contributed by atoms with Crippen molar-refractivity contribution in [2.45, 2.75) is 19.8 Å². The molecule has 0 aromatic heterocycles. The quantitative estimate of drug-likeness (QED) is 0.625. The van der Waals surface area contributed by atoms with Crippen LogP contribution in [0.3, 0.4) is 0 Å². The van der Waals surface area contributed by atoms with Crippen LogP contribution in [-0.4, -0.2) is 24.9 Å². The van der Waals surface area contributed by atoms with Crippen molar-refractivity contribution >= 4 is 0 Å². The van der Waals surface area contributed by atoms with Gasteiger partial charge in [-0.15, -0.1) is 0 Å². The second-order valence-corrected chi connectivity index (χ2v) is 2.96. The third-order valence-electron chi connectivity index (χ3n) is 2.09. The number of aliphatic hydroxyl groups excluding tert-OH is 1. The van der Waals surface area contributed by atoms with Gasteiger partial charge in [-0.05, 0) is 18.4 Å². The lowest BCUT2D eigenvalue weighted by Gasteiger charge is -2.03. The second kappa shape index (κ2) is 4.52. The maximum Gasteiger partial charge on any atom is 0.0641 e. The van der Waals surface area contributed by atoms with Crippen LogP contribution < -0.4 is 0 Å². The highest BCUT2D eigenvalue weighted by Gasteiger charge is 2.12. The Kier molecular flexibility index (Phi) is 3.60. The fourth-order valence-electron chi connectivity index (χ4n) is 1.30. The van der Waals surface area contributed by atoms with Gasteiger partial charge < -0.3 is 9.84 Å². The third kappa shape index (κ3) is 2.64. The second-order valence-electron chi connectivity index (χ2n) is 2.96. The summed E-state index contributed by atoms with van der Waals surface area (Å²) < 4.78 is 5.22. The van der Waals surface area contributed by atoms with Gasteiger partial charge in [-0.2, -0.15) is 0 Å². The van der Waals surface area contributed by atoms with E-state index in [-0.39, 0.29) is 6.61 Å². The molecule has 0 saturated carbocycles. The van der Waals surface area contributed by atoms with Gasteiger partial charge in [-0.25, -0.2) is 0 Å². The Morgan fingerprint density at radius 1 is 1.73 bits per heavy atom. The van der Waals surface area contributed by atoms with Gasteiger partial charge in [0.15, 0.2) is 0 Å². The standard InChI is InChI=1S/C9H16O2/c1-2-8(6-10)5-9-3-4-11-7-9/h5,9-10H,2-4,6-7H2,1H3. The summed E-state index contributed by atoms with van der Waals surface area (Å²) in [6.45, 7) is 3.98. The summed E-state index contributed by atoms with van der Waals surface area (Å²) in [5, 5.41) is 8.88. The Morgan fingerprint density at radius 3 is 3.00 bits per heavy atom. The van der Waals surface area contributed by atoms with Gasteiger partial charge in [-0.3, -0.25) is 0 Å². The normalized spacial score (nSPS) is 26.0. The van der Waals surface area contributed by atoms with Crippen LogP contribution in [0.2, 0.25) is 0 Å². The molecule has 0 spiro atoms. The van der Waals surface area contributed by atoms with E-state index in [0.717, 1.165) is 31.6 Å². The van der Waals surface area contributed by atoms with Crippen LogP contribution in [0.4, 0.5) is 0 Å². The van der Waals surface area contributed by atoms with E-state index in [4.69, 9.17) is 9.84 Å². The highest BCUT2D eigenvalue weighted by atomic mass is 16.5. The molecule has 2 heteroatoms. The van der Waals surface area contributed by atoms with Gasteiger partial charge >= 0.3 is 0 Å². The van der Waals surface area contributed by atoms with Crippen molar-refractivity contribution in [3.63, 3.8) is 0 Å². The SMILES string of the molecule is CCC(=CC1CCOC1)CO. The predicted molar refractivity (Wildman–Crippen MR) is 44.4 cm³/mol. The molecule has 1 fully saturated rings. The molecular formula is C9H16O2. The lowest BCUT2D eigenvalue weighted by atomic mass is 10.0. The van der Waals surface area contributed by atoms with Crippen LogP contribution >= 0.6 is 0 Å². The molecule has 1 aliphatic rings. The van der Waals surface area contributed by atoms with Crippen molar-refractivity contribution in [2.24, 2.45) is 5.92 Å². The fourth-order valence-corrected chi connectivity index (χ4v) is 1.30. The number of hydrogen-bond acceptors (Lipinski definition) is 2. The molecule has 11 heavy (non-hydrogen) atoms. The molecule has 0 aromatic carbocycles. The molecule has 0 aromatic rings. The van der Waals surface area contributed by atoms with Crippen LogP contribution in [0, 0.1) is 5.92 Å². The molecule has 1 atom stereocenters. The first kappa shape index (κ1) is 8.75. The molecule has 2 nitrogen and oxygen atoms in total. The molecular weight excluding hydrogens is 140 g/mol. The minimum Gasteiger partial charge on any atom is -0.392 e. The number of aliphatic hydroxyl groups is 1. The van der Waals surface area contributed by atoms with Crippen LogP contribution in [0.5, 0.6) is 0 Å². The lowest BCUT2D eigenvalue weighted by molar-refractivity contribution is 0.191. The summed E-state index contributed by atoms with van der Waals surface area (Å²) in [5.41, 5.74) is 1.14. The van der Waals surface area contributed by atoms with Crippen LogP contribution in [0.15, 0.2) is 11.6 Å². The van der Waals surface area contributed by atoms with E-state index in [2.05, 4.69) is 13.0 Å². The molecule has 1 heterocycles. The van der Waals surface area contributed by atoms with Gasteiger partial charge in [0.05, 0.1) is 13.2 Å². The van der Waals surface area contributed by atoms with Crippen LogP contribution in [0.1, 0.15) is 19.8 Å². The Balaban J connectivity index is 2.40. The first-order valence-corrected chi connectivity index (χ1v) is 4.25. The minimum atomic E-state index is 0.201. The van der Waals surface area contributed by atoms with Gasteiger partial charge in [0, 0.05) is 12.5 Å². The Morgan fingerprint density at radius 2 is 2.55 bits per heavy atom. The summed E-state index contributed by atoms with van der Waals surface area (Å²) in [6, 6.07) is 0. The maximum atomic E-state index is 8.88. The number of rotatable bonds is 3. The zero-order valence-corrected chi connectivity index (χ0v) is 7.05. The summed E-state index contributed by atoms with van der Waals surface area (Å²) in [6.07, 6.45) is 4.23. The average Bonchev–Trinajstić information content (AvgIpc) is 2.52. The Labute approximate surface area is 67.9 Å². The molecule has 0 radical (unpaired) electrons. The fraction of sp³-hybridized carbons (Fsp3) is 0.778. The highest BCUT2D eigenvalue weighted by molar-refractivity contribution is 5.04. The summed E-state index contributed by atoms with van der Waals surface area (Å²) in [7, 11) is 0. The highest BCUT2D eigenvalue weighted by Crippen LogP contribution is 2.16. The van der Waals surface area contributed by atoms with E-state index in [0.29, 0.717) is 5.92 Å². The van der Waals surface area contributed by atoms with E-state index in [1.165, 1.54) is 0 Å². The van der Waals surface area contributed by atoms with Crippen molar-refractivity contribution in [1.29, 1.82) is 0 Å². The minimum absolute atomic E-state index is 0.201. The van der Waals surface area contributed by atoms with Gasteiger partial charge in [0.2, 0.25) is 0 Å². The van der Waals surface area contributed by atoms with Gasteiger partial charge in [0.1, 0.15) is 0 Å². The van der Waals surface area contributed by atoms with Crippen molar-refractivity contribution in [3.05, 3.63) is 11.6 Å². The smallest absolute Gasteiger partial charge is 0.0641 e. The first-order valence-electron chi connectivity index (χ1n) is 4.25. The van der Waals surface area contributed by atoms with Crippen molar-refractivity contribution in [2.75, 3.05) is 19.8 Å². The third-order valence-corrected chi connectivity index (χ3v) is 2.09. The van der Waals surface area contributed by atoms with Gasteiger partial charge in [0.25, 0.3) is 0 Å². The van der Waals surface area contributed by atoms with E-state index >= 15 is 0 Å². The largest absolute Gasteiger partial charge is 0.392 e. The average molecular weight is 156 g/mol. The zero-order chi connectivity index (χ0) is 8.10. The van der Waals surface area contributed by atoms with Crippen molar-refractivity contribution < 1.29 is 9.84 Å². The first-order chi connectivity index (χ1) is 5.36. The van der Waals surface area contributed by atoms with Crippen molar-refractivity contribution in [3.8, 4) is 0 Å². The lowest BCUT2D eigenvalue weighted by Crippen LogP contribution is -1.98. The topological polar surface area (TPSA) is 29.5 Å². The van der Waals surface area contributed by atoms with Gasteiger partial charge in [-0.1, -0.05) is 13.0 Å². The molecule has 1 N–H and O–H groups in total. The molecule has 0 bridgehead atoms. The Bertz CT molecular complexity index is 128. The van der Waals surface area contributed by atoms with E-state index < -0.39 is 0 Å². The van der Waals surface area contributed by atoms with Crippen LogP contribution in [-0.2, 0) is 4.74 Å². The monoisotopic (exact) mass is 156 g/mol. The zero-order valence-electron chi connectivity index (χ0n) is 7.05. The molecule has 1 unspecified atom stereocenters. The molecule has 1 rings (SSSR count). The predicted octanol–water partition coefficient (Wildman–Crippen LogP) is 1.35. The summed E-state index contributed by atoms with van der Waals surface area (Å²) in [4.78, 5) is 0.